The highest BCUT2D eigenvalue weighted by Crippen LogP contribution is 2.30. The van der Waals surface area contributed by atoms with Gasteiger partial charge in [0.2, 0.25) is 11.8 Å². The summed E-state index contributed by atoms with van der Waals surface area (Å²) in [6.07, 6.45) is 9.44. The Labute approximate surface area is 288 Å². The average Bonchev–Trinajstić information content (AvgIpc) is 3.53. The van der Waals surface area contributed by atoms with Gasteiger partial charge in [0.25, 0.3) is 0 Å². The van der Waals surface area contributed by atoms with Gasteiger partial charge in [0.1, 0.15) is 0 Å². The molecule has 0 unspecified atom stereocenters. The maximum Gasteiger partial charge on any atom is 0.230 e. The van der Waals surface area contributed by atoms with E-state index in [1.54, 1.807) is 25.7 Å². The lowest BCUT2D eigenvalue weighted by Gasteiger charge is -2.28. The van der Waals surface area contributed by atoms with E-state index in [0.29, 0.717) is 79.2 Å². The molecule has 0 bridgehead atoms. The minimum Gasteiger partial charge on any atom is -0.354 e. The largest absolute Gasteiger partial charge is 0.354 e. The van der Waals surface area contributed by atoms with Crippen molar-refractivity contribution in [3.8, 4) is 0 Å². The zero-order valence-corrected chi connectivity index (χ0v) is 30.6. The number of hydrogen-bond donors (Lipinski definition) is 1. The Morgan fingerprint density at radius 1 is 0.896 bits per heavy atom. The number of hydrogen-bond acceptors (Lipinski definition) is 5. The van der Waals surface area contributed by atoms with Crippen LogP contribution < -0.4 is 5.32 Å². The predicted octanol–water partition coefficient (Wildman–Crippen LogP) is 7.54. The molecular formula is C41H58N2O5. The van der Waals surface area contributed by atoms with E-state index < -0.39 is 12.0 Å². The van der Waals surface area contributed by atoms with Crippen molar-refractivity contribution in [2.45, 2.75) is 125 Å². The molecule has 1 aromatic rings. The fraction of sp³-hybridized carbons (Fsp3) is 0.585. The maximum atomic E-state index is 14.1. The van der Waals surface area contributed by atoms with Crippen molar-refractivity contribution in [3.63, 3.8) is 0 Å². The Kier molecular flexibility index (Phi) is 14.8. The van der Waals surface area contributed by atoms with Crippen molar-refractivity contribution in [3.05, 3.63) is 70.3 Å². The third-order valence-corrected chi connectivity index (χ3v) is 9.83. The number of Topliss-reactive ketones (excluding diaryl/α,β-unsaturated/α-hetero) is 3. The van der Waals surface area contributed by atoms with Gasteiger partial charge in [0, 0.05) is 47.2 Å². The molecule has 3 rings (SSSR count). The van der Waals surface area contributed by atoms with Gasteiger partial charge in [-0.2, -0.15) is 0 Å². The van der Waals surface area contributed by atoms with Crippen LogP contribution in [0.1, 0.15) is 112 Å². The molecule has 2 amide bonds. The molecule has 1 aromatic carbocycles. The molecule has 4 atom stereocenters. The molecule has 0 spiro atoms. The van der Waals surface area contributed by atoms with Crippen LogP contribution in [0.4, 0.5) is 0 Å². The van der Waals surface area contributed by atoms with E-state index in [0.717, 1.165) is 18.4 Å². The van der Waals surface area contributed by atoms with Crippen molar-refractivity contribution in [2.75, 3.05) is 6.54 Å². The van der Waals surface area contributed by atoms with Gasteiger partial charge >= 0.3 is 0 Å². The summed E-state index contributed by atoms with van der Waals surface area (Å²) in [5.41, 5.74) is 3.15. The van der Waals surface area contributed by atoms with E-state index >= 15 is 0 Å². The van der Waals surface area contributed by atoms with Crippen LogP contribution in [0.5, 0.6) is 0 Å². The van der Waals surface area contributed by atoms with Crippen molar-refractivity contribution >= 4 is 29.2 Å². The highest BCUT2D eigenvalue weighted by Gasteiger charge is 2.38. The summed E-state index contributed by atoms with van der Waals surface area (Å²) in [6, 6.07) is 9.40. The highest BCUT2D eigenvalue weighted by molar-refractivity contribution is 6.24. The molecule has 2 aliphatic rings. The normalized spacial score (nSPS) is 19.1. The van der Waals surface area contributed by atoms with E-state index in [4.69, 9.17) is 0 Å². The van der Waals surface area contributed by atoms with Gasteiger partial charge in [0.15, 0.2) is 17.3 Å². The number of benzene rings is 1. The van der Waals surface area contributed by atoms with E-state index in [-0.39, 0.29) is 47.5 Å². The van der Waals surface area contributed by atoms with Crippen molar-refractivity contribution in [1.82, 2.24) is 10.2 Å². The smallest absolute Gasteiger partial charge is 0.230 e. The monoisotopic (exact) mass is 658 g/mol. The van der Waals surface area contributed by atoms with Crippen LogP contribution in [0, 0.1) is 23.7 Å². The second-order valence-corrected chi connectivity index (χ2v) is 14.8. The summed E-state index contributed by atoms with van der Waals surface area (Å²) in [5, 5.41) is 2.98. The fourth-order valence-electron chi connectivity index (χ4n) is 7.09. The van der Waals surface area contributed by atoms with Gasteiger partial charge in [-0.25, -0.2) is 0 Å². The van der Waals surface area contributed by atoms with E-state index in [9.17, 15) is 24.0 Å². The molecule has 0 saturated carbocycles. The first kappa shape index (κ1) is 38.8. The quantitative estimate of drug-likeness (QED) is 0.106. The van der Waals surface area contributed by atoms with Crippen LogP contribution in [0.15, 0.2) is 64.8 Å². The molecule has 7 heteroatoms. The van der Waals surface area contributed by atoms with Crippen LogP contribution in [0.3, 0.4) is 0 Å². The summed E-state index contributed by atoms with van der Waals surface area (Å²) in [6.45, 7) is 16.0. The summed E-state index contributed by atoms with van der Waals surface area (Å²) >= 11 is 0. The minimum atomic E-state index is -0.539. The van der Waals surface area contributed by atoms with Crippen LogP contribution in [-0.2, 0) is 30.4 Å². The van der Waals surface area contributed by atoms with Crippen LogP contribution in [0.2, 0.25) is 0 Å². The summed E-state index contributed by atoms with van der Waals surface area (Å²) in [7, 11) is 0. The molecule has 1 N–H and O–H groups in total. The maximum absolute atomic E-state index is 14.1. The lowest BCUT2D eigenvalue weighted by molar-refractivity contribution is -0.140. The van der Waals surface area contributed by atoms with Gasteiger partial charge in [-0.3, -0.25) is 24.0 Å². The van der Waals surface area contributed by atoms with Crippen molar-refractivity contribution < 1.29 is 24.0 Å². The lowest BCUT2D eigenvalue weighted by atomic mass is 9.83. The van der Waals surface area contributed by atoms with Gasteiger partial charge in [-0.1, -0.05) is 69.7 Å². The Morgan fingerprint density at radius 3 is 2.21 bits per heavy atom. The Hall–Kier alpha value is -3.61. The Balaban J connectivity index is 1.72. The molecule has 1 aliphatic heterocycles. The predicted molar refractivity (Wildman–Crippen MR) is 192 cm³/mol. The number of unbranched alkanes of at least 4 members (excludes halogenated alkanes) is 1. The number of nitrogens with one attached hydrogen (secondary N) is 1. The lowest BCUT2D eigenvalue weighted by Crippen LogP contribution is -2.45. The average molecular weight is 659 g/mol. The van der Waals surface area contributed by atoms with Gasteiger partial charge in [-0.05, 0) is 97.0 Å². The number of likely N-dealkylation sites (tertiary alicyclic amines) is 1. The summed E-state index contributed by atoms with van der Waals surface area (Å²) in [4.78, 5) is 68.6. The minimum absolute atomic E-state index is 0.0270. The van der Waals surface area contributed by atoms with E-state index in [1.165, 1.54) is 0 Å². The first-order valence-electron chi connectivity index (χ1n) is 18.0. The number of amides is 2. The topological polar surface area (TPSA) is 101 Å². The van der Waals surface area contributed by atoms with Crippen LogP contribution in [0.25, 0.3) is 0 Å². The molecule has 262 valence electrons. The number of carbonyl (C=O) groups is 5. The SMILES string of the molecule is CC1=C(C)C(=O)C(CCCC[C@H](CC(=O)[C@@H]2CCCN2C(=O)[C@H](/C=C/[C@@H](C)CC(C)C)Cc2ccccc2)C(=O)NC(C)C)=C(C)C1=O. The van der Waals surface area contributed by atoms with Gasteiger partial charge in [0.05, 0.1) is 12.0 Å². The molecule has 0 radical (unpaired) electrons. The second kappa shape index (κ2) is 18.2. The van der Waals surface area contributed by atoms with E-state index in [1.807, 2.05) is 50.3 Å². The van der Waals surface area contributed by atoms with Crippen LogP contribution in [-0.4, -0.2) is 52.7 Å². The van der Waals surface area contributed by atoms with E-state index in [2.05, 4.69) is 32.2 Å². The molecule has 0 aromatic heterocycles. The molecule has 1 heterocycles. The number of rotatable bonds is 17. The highest BCUT2D eigenvalue weighted by atomic mass is 16.2. The van der Waals surface area contributed by atoms with Crippen molar-refractivity contribution in [1.29, 1.82) is 0 Å². The first-order valence-corrected chi connectivity index (χ1v) is 18.0. The molecule has 1 saturated heterocycles. The number of ketones is 3. The van der Waals surface area contributed by atoms with Crippen LogP contribution >= 0.6 is 0 Å². The molecular weight excluding hydrogens is 600 g/mol. The number of allylic oxidation sites excluding steroid dienone is 5. The molecule has 48 heavy (non-hydrogen) atoms. The molecule has 7 nitrogen and oxygen atoms in total. The zero-order chi connectivity index (χ0) is 35.5. The second-order valence-electron chi connectivity index (χ2n) is 14.8. The molecule has 1 aliphatic carbocycles. The Morgan fingerprint density at radius 2 is 1.56 bits per heavy atom. The summed E-state index contributed by atoms with van der Waals surface area (Å²) in [5.74, 6) is -0.411. The fourth-order valence-corrected chi connectivity index (χ4v) is 7.09. The third kappa shape index (κ3) is 10.7. The standard InChI is InChI=1S/C41H58N2O5/c1-26(2)23-28(5)20-21-34(24-32-15-10-9-11-16-32)41(48)43-22-14-19-36(43)37(44)25-33(40(47)42-27(3)4)17-12-13-18-35-31(8)38(45)29(6)30(7)39(35)46/h9-11,15-16,20-21,26-28,33-34,36H,12-14,17-19,22-25H2,1-8H3,(H,42,47)/b21-20+/t28-,33-,34-,36+/m1/s1. The van der Waals surface area contributed by atoms with Gasteiger partial charge < -0.3 is 10.2 Å². The Bertz CT molecular complexity index is 1420. The zero-order valence-electron chi connectivity index (χ0n) is 30.6. The number of nitrogens with zero attached hydrogens (tertiary/aromatic N) is 1. The molecule has 1 fully saturated rings. The summed E-state index contributed by atoms with van der Waals surface area (Å²) < 4.78 is 0. The van der Waals surface area contributed by atoms with Crippen molar-refractivity contribution in [2.24, 2.45) is 23.7 Å². The van der Waals surface area contributed by atoms with Gasteiger partial charge in [-0.15, -0.1) is 0 Å². The number of carbonyl (C=O) groups excluding carboxylic acids is 5. The third-order valence-electron chi connectivity index (χ3n) is 9.83. The first-order chi connectivity index (χ1) is 22.7.